The highest BCUT2D eigenvalue weighted by molar-refractivity contribution is 5.66. The fraction of sp³-hybridized carbons (Fsp3) is 0.375. The molecule has 0 amide bonds. The van der Waals surface area contributed by atoms with Crippen molar-refractivity contribution in [2.75, 3.05) is 23.8 Å². The van der Waals surface area contributed by atoms with E-state index in [2.05, 4.69) is 46.2 Å². The van der Waals surface area contributed by atoms with E-state index in [1.807, 2.05) is 32.2 Å². The number of anilines is 3. The van der Waals surface area contributed by atoms with Crippen molar-refractivity contribution < 1.29 is 0 Å². The van der Waals surface area contributed by atoms with Crippen LogP contribution >= 0.6 is 0 Å². The van der Waals surface area contributed by atoms with Gasteiger partial charge in [0.2, 0.25) is 0 Å². The summed E-state index contributed by atoms with van der Waals surface area (Å²) in [5.41, 5.74) is 2.20. The summed E-state index contributed by atoms with van der Waals surface area (Å²) in [6.45, 7) is 7.06. The number of aryl methyl sites for hydroxylation is 1. The Bertz CT molecular complexity index is 566. The van der Waals surface area contributed by atoms with Gasteiger partial charge in [-0.3, -0.25) is 0 Å². The maximum Gasteiger partial charge on any atom is 0.141 e. The lowest BCUT2D eigenvalue weighted by molar-refractivity contribution is 0.938. The average molecular weight is 270 g/mol. The van der Waals surface area contributed by atoms with Crippen LogP contribution in [0.25, 0.3) is 0 Å². The van der Waals surface area contributed by atoms with Gasteiger partial charge in [-0.15, -0.1) is 0 Å². The van der Waals surface area contributed by atoms with Crippen molar-refractivity contribution in [3.05, 3.63) is 41.7 Å². The van der Waals surface area contributed by atoms with E-state index in [4.69, 9.17) is 0 Å². The van der Waals surface area contributed by atoms with Crippen LogP contribution in [0.15, 0.2) is 30.3 Å². The van der Waals surface area contributed by atoms with Gasteiger partial charge in [0, 0.05) is 24.8 Å². The van der Waals surface area contributed by atoms with Crippen LogP contribution in [-0.4, -0.2) is 23.6 Å². The molecular formula is C16H22N4. The number of para-hydroxylation sites is 1. The molecular weight excluding hydrogens is 248 g/mol. The van der Waals surface area contributed by atoms with Gasteiger partial charge in [-0.05, 0) is 32.4 Å². The van der Waals surface area contributed by atoms with Crippen molar-refractivity contribution in [1.82, 2.24) is 9.97 Å². The molecule has 20 heavy (non-hydrogen) atoms. The molecule has 2 aromatic rings. The van der Waals surface area contributed by atoms with E-state index in [0.29, 0.717) is 0 Å². The van der Waals surface area contributed by atoms with Gasteiger partial charge in [0.25, 0.3) is 0 Å². The highest BCUT2D eigenvalue weighted by atomic mass is 15.2. The molecule has 2 rings (SSSR count). The second-order valence-electron chi connectivity index (χ2n) is 4.89. The zero-order valence-corrected chi connectivity index (χ0v) is 12.6. The Kier molecular flexibility index (Phi) is 4.56. The van der Waals surface area contributed by atoms with Crippen molar-refractivity contribution in [1.29, 1.82) is 0 Å². The Hall–Kier alpha value is -2.10. The fourth-order valence-electron chi connectivity index (χ4n) is 2.13. The zero-order valence-electron chi connectivity index (χ0n) is 12.6. The largest absolute Gasteiger partial charge is 0.370 e. The molecule has 4 nitrogen and oxygen atoms in total. The van der Waals surface area contributed by atoms with Gasteiger partial charge >= 0.3 is 0 Å². The second kappa shape index (κ2) is 6.37. The quantitative estimate of drug-likeness (QED) is 0.899. The zero-order chi connectivity index (χ0) is 14.5. The van der Waals surface area contributed by atoms with Crippen molar-refractivity contribution >= 4 is 17.3 Å². The third-order valence-electron chi connectivity index (χ3n) is 3.24. The van der Waals surface area contributed by atoms with Crippen molar-refractivity contribution in [3.8, 4) is 0 Å². The number of hydrogen-bond donors (Lipinski definition) is 1. The van der Waals surface area contributed by atoms with Crippen LogP contribution < -0.4 is 10.2 Å². The number of nitrogens with one attached hydrogen (secondary N) is 1. The lowest BCUT2D eigenvalue weighted by Crippen LogP contribution is -2.16. The highest BCUT2D eigenvalue weighted by Gasteiger charge is 2.13. The predicted octanol–water partition coefficient (Wildman–Crippen LogP) is 3.68. The molecule has 1 aromatic heterocycles. The SMILES string of the molecule is CCCNc1nc(C)nc(N(C)c2ccccc2)c1C. The van der Waals surface area contributed by atoms with Gasteiger partial charge in [-0.25, -0.2) is 9.97 Å². The summed E-state index contributed by atoms with van der Waals surface area (Å²) in [7, 11) is 2.04. The molecule has 0 saturated carbocycles. The summed E-state index contributed by atoms with van der Waals surface area (Å²) in [5, 5.41) is 3.37. The number of aromatic nitrogens is 2. The van der Waals surface area contributed by atoms with E-state index >= 15 is 0 Å². The first kappa shape index (κ1) is 14.3. The molecule has 0 aliphatic heterocycles. The molecule has 0 aliphatic carbocycles. The van der Waals surface area contributed by atoms with Gasteiger partial charge in [-0.2, -0.15) is 0 Å². The minimum absolute atomic E-state index is 0.784. The van der Waals surface area contributed by atoms with E-state index in [0.717, 1.165) is 41.7 Å². The summed E-state index contributed by atoms with van der Waals surface area (Å²) in [6, 6.07) is 10.2. The molecule has 0 atom stereocenters. The van der Waals surface area contributed by atoms with Gasteiger partial charge < -0.3 is 10.2 Å². The summed E-state index contributed by atoms with van der Waals surface area (Å²) in [6.07, 6.45) is 1.08. The maximum atomic E-state index is 4.59. The van der Waals surface area contributed by atoms with Crippen molar-refractivity contribution in [2.24, 2.45) is 0 Å². The highest BCUT2D eigenvalue weighted by Crippen LogP contribution is 2.28. The third-order valence-corrected chi connectivity index (χ3v) is 3.24. The first-order chi connectivity index (χ1) is 9.63. The Morgan fingerprint density at radius 1 is 1.10 bits per heavy atom. The summed E-state index contributed by atoms with van der Waals surface area (Å²) < 4.78 is 0. The minimum Gasteiger partial charge on any atom is -0.370 e. The smallest absolute Gasteiger partial charge is 0.141 e. The summed E-state index contributed by atoms with van der Waals surface area (Å²) in [4.78, 5) is 11.2. The van der Waals surface area contributed by atoms with Crippen LogP contribution in [0.2, 0.25) is 0 Å². The van der Waals surface area contributed by atoms with Crippen LogP contribution in [0.3, 0.4) is 0 Å². The van der Waals surface area contributed by atoms with Crippen LogP contribution in [0.5, 0.6) is 0 Å². The monoisotopic (exact) mass is 270 g/mol. The Labute approximate surface area is 120 Å². The van der Waals surface area contributed by atoms with Crippen molar-refractivity contribution in [2.45, 2.75) is 27.2 Å². The maximum absolute atomic E-state index is 4.59. The van der Waals surface area contributed by atoms with E-state index in [9.17, 15) is 0 Å². The van der Waals surface area contributed by atoms with E-state index in [1.54, 1.807) is 0 Å². The summed E-state index contributed by atoms with van der Waals surface area (Å²) >= 11 is 0. The van der Waals surface area contributed by atoms with E-state index < -0.39 is 0 Å². The number of hydrogen-bond acceptors (Lipinski definition) is 4. The third kappa shape index (κ3) is 3.07. The van der Waals surface area contributed by atoms with Crippen LogP contribution in [0.4, 0.5) is 17.3 Å². The lowest BCUT2D eigenvalue weighted by Gasteiger charge is -2.22. The standard InChI is InChI=1S/C16H22N4/c1-5-11-17-15-12(2)16(19-13(3)18-15)20(4)14-9-7-6-8-10-14/h6-10H,5,11H2,1-4H3,(H,17,18,19). The second-order valence-corrected chi connectivity index (χ2v) is 4.89. The molecule has 4 heteroatoms. The van der Waals surface area contributed by atoms with Crippen molar-refractivity contribution in [3.63, 3.8) is 0 Å². The van der Waals surface area contributed by atoms with E-state index in [-0.39, 0.29) is 0 Å². The molecule has 0 unspecified atom stereocenters. The fourth-order valence-corrected chi connectivity index (χ4v) is 2.13. The van der Waals surface area contributed by atoms with Gasteiger partial charge in [-0.1, -0.05) is 25.1 Å². The molecule has 0 radical (unpaired) electrons. The minimum atomic E-state index is 0.784. The van der Waals surface area contributed by atoms with Gasteiger partial charge in [0.1, 0.15) is 17.5 Å². The molecule has 0 spiro atoms. The lowest BCUT2D eigenvalue weighted by atomic mass is 10.2. The Morgan fingerprint density at radius 2 is 1.80 bits per heavy atom. The predicted molar refractivity (Wildman–Crippen MR) is 84.8 cm³/mol. The first-order valence-electron chi connectivity index (χ1n) is 7.01. The molecule has 106 valence electrons. The Balaban J connectivity index is 2.38. The molecule has 0 bridgehead atoms. The number of rotatable bonds is 5. The van der Waals surface area contributed by atoms with Gasteiger partial charge in [0.05, 0.1) is 0 Å². The number of benzene rings is 1. The number of nitrogens with zero attached hydrogens (tertiary/aromatic N) is 3. The molecule has 0 saturated heterocycles. The molecule has 1 N–H and O–H groups in total. The normalized spacial score (nSPS) is 10.4. The topological polar surface area (TPSA) is 41.1 Å². The average Bonchev–Trinajstić information content (AvgIpc) is 2.48. The van der Waals surface area contributed by atoms with Crippen LogP contribution in [-0.2, 0) is 0 Å². The van der Waals surface area contributed by atoms with E-state index in [1.165, 1.54) is 0 Å². The molecule has 0 fully saturated rings. The van der Waals surface area contributed by atoms with Crippen LogP contribution in [0.1, 0.15) is 24.7 Å². The molecule has 0 aliphatic rings. The Morgan fingerprint density at radius 3 is 2.45 bits per heavy atom. The summed E-state index contributed by atoms with van der Waals surface area (Å²) in [5.74, 6) is 2.66. The molecule has 1 heterocycles. The molecule has 1 aromatic carbocycles. The van der Waals surface area contributed by atoms with Gasteiger partial charge in [0.15, 0.2) is 0 Å². The first-order valence-corrected chi connectivity index (χ1v) is 7.01. The van der Waals surface area contributed by atoms with Crippen LogP contribution in [0, 0.1) is 13.8 Å².